The molecule has 2 rings (SSSR count). The molecule has 0 saturated carbocycles. The number of aromatic hydroxyl groups is 1. The van der Waals surface area contributed by atoms with Crippen LogP contribution in [0.1, 0.15) is 12.5 Å². The quantitative estimate of drug-likeness (QED) is 0.331. The van der Waals surface area contributed by atoms with Crippen molar-refractivity contribution in [2.45, 2.75) is 6.92 Å². The zero-order valence-corrected chi connectivity index (χ0v) is 8.47. The lowest BCUT2D eigenvalue weighted by atomic mass is 10.1. The zero-order chi connectivity index (χ0) is 11.7. The van der Waals surface area contributed by atoms with Gasteiger partial charge in [0.05, 0.1) is 11.3 Å². The maximum Gasteiger partial charge on any atom is 0.345 e. The summed E-state index contributed by atoms with van der Waals surface area (Å²) in [5.41, 5.74) is 0.0669. The van der Waals surface area contributed by atoms with Gasteiger partial charge in [0.2, 0.25) is 0 Å². The summed E-state index contributed by atoms with van der Waals surface area (Å²) in [5, 5.41) is 21.4. The number of nitrogens with zero attached hydrogens (tertiary/aromatic N) is 1. The Balaban J connectivity index is 2.77. The molecule has 2 aromatic rings. The Bertz CT molecular complexity index is 627. The molecule has 0 bridgehead atoms. The average Bonchev–Trinajstić information content (AvgIpc) is 2.27. The normalized spacial score (nSPS) is 11.9. The maximum atomic E-state index is 11.5. The molecule has 82 valence electrons. The lowest BCUT2D eigenvalue weighted by Gasteiger charge is -2.00. The van der Waals surface area contributed by atoms with Crippen molar-refractivity contribution in [3.8, 4) is 5.75 Å². The van der Waals surface area contributed by atoms with Crippen molar-refractivity contribution in [3.63, 3.8) is 0 Å². The van der Waals surface area contributed by atoms with Gasteiger partial charge in [0.25, 0.3) is 0 Å². The van der Waals surface area contributed by atoms with Crippen LogP contribution in [-0.2, 0) is 0 Å². The predicted octanol–water partition coefficient (Wildman–Crippen LogP) is 1.70. The van der Waals surface area contributed by atoms with E-state index in [4.69, 9.17) is 9.62 Å². The first-order chi connectivity index (χ1) is 7.61. The van der Waals surface area contributed by atoms with Crippen LogP contribution in [0.3, 0.4) is 0 Å². The fraction of sp³-hybridized carbons (Fsp3) is 0.0909. The smallest absolute Gasteiger partial charge is 0.345 e. The Morgan fingerprint density at radius 1 is 1.38 bits per heavy atom. The Labute approximate surface area is 90.2 Å². The molecule has 0 unspecified atom stereocenters. The van der Waals surface area contributed by atoms with Crippen molar-refractivity contribution in [2.75, 3.05) is 0 Å². The number of hydrogen-bond acceptors (Lipinski definition) is 5. The van der Waals surface area contributed by atoms with Crippen LogP contribution < -0.4 is 5.63 Å². The number of rotatable bonds is 1. The van der Waals surface area contributed by atoms with Gasteiger partial charge in [-0.05, 0) is 25.1 Å². The van der Waals surface area contributed by atoms with Gasteiger partial charge in [-0.2, -0.15) is 0 Å². The highest BCUT2D eigenvalue weighted by Gasteiger charge is 2.08. The second-order valence-electron chi connectivity index (χ2n) is 3.36. The molecule has 1 heterocycles. The molecule has 0 spiro atoms. The van der Waals surface area contributed by atoms with Crippen LogP contribution >= 0.6 is 0 Å². The van der Waals surface area contributed by atoms with Crippen LogP contribution in [0.4, 0.5) is 0 Å². The van der Waals surface area contributed by atoms with Crippen LogP contribution in [0.15, 0.2) is 38.6 Å². The first kappa shape index (κ1) is 10.2. The molecular formula is C11H9NO4. The van der Waals surface area contributed by atoms with Gasteiger partial charge in [0.1, 0.15) is 11.3 Å². The Morgan fingerprint density at radius 3 is 2.81 bits per heavy atom. The van der Waals surface area contributed by atoms with E-state index in [1.54, 1.807) is 12.1 Å². The standard InChI is InChI=1S/C11H9NO4/c1-6(12-15)9-4-7-2-3-8(13)5-10(7)16-11(9)14/h2-5,13,15H,1H3/b12-6-. The number of phenolic OH excluding ortho intramolecular Hbond substituents is 1. The molecule has 16 heavy (non-hydrogen) atoms. The van der Waals surface area contributed by atoms with E-state index in [1.807, 2.05) is 0 Å². The van der Waals surface area contributed by atoms with E-state index in [0.717, 1.165) is 0 Å². The second kappa shape index (κ2) is 3.69. The van der Waals surface area contributed by atoms with E-state index in [1.165, 1.54) is 19.1 Å². The Hall–Kier alpha value is -2.30. The molecule has 0 atom stereocenters. The third kappa shape index (κ3) is 1.63. The molecule has 5 nitrogen and oxygen atoms in total. The number of benzene rings is 1. The topological polar surface area (TPSA) is 83.0 Å². The third-order valence-corrected chi connectivity index (χ3v) is 2.26. The lowest BCUT2D eigenvalue weighted by Crippen LogP contribution is -2.11. The highest BCUT2D eigenvalue weighted by molar-refractivity contribution is 6.00. The molecule has 1 aromatic carbocycles. The monoisotopic (exact) mass is 219 g/mol. The molecule has 0 amide bonds. The molecule has 0 saturated heterocycles. The number of phenols is 1. The van der Waals surface area contributed by atoms with Crippen LogP contribution in [0.25, 0.3) is 11.0 Å². The van der Waals surface area contributed by atoms with Crippen molar-refractivity contribution < 1.29 is 14.7 Å². The first-order valence-electron chi connectivity index (χ1n) is 4.57. The molecule has 0 aliphatic heterocycles. The van der Waals surface area contributed by atoms with E-state index in [9.17, 15) is 9.90 Å². The molecule has 2 N–H and O–H groups in total. The molecule has 0 aliphatic carbocycles. The Kier molecular flexibility index (Phi) is 2.36. The molecule has 0 radical (unpaired) electrons. The van der Waals surface area contributed by atoms with Crippen LogP contribution in [0.5, 0.6) is 5.75 Å². The number of fused-ring (bicyclic) bond motifs is 1. The summed E-state index contributed by atoms with van der Waals surface area (Å²) in [6.07, 6.45) is 0. The first-order valence-corrected chi connectivity index (χ1v) is 4.57. The SMILES string of the molecule is C/C(=N/O)c1cc2ccc(O)cc2oc1=O. The van der Waals surface area contributed by atoms with Gasteiger partial charge in [-0.1, -0.05) is 5.16 Å². The van der Waals surface area contributed by atoms with E-state index < -0.39 is 5.63 Å². The van der Waals surface area contributed by atoms with Gasteiger partial charge in [-0.3, -0.25) is 0 Å². The summed E-state index contributed by atoms with van der Waals surface area (Å²) in [6, 6.07) is 6.00. The van der Waals surface area contributed by atoms with E-state index in [-0.39, 0.29) is 17.0 Å². The fourth-order valence-electron chi connectivity index (χ4n) is 1.41. The minimum atomic E-state index is -0.603. The van der Waals surface area contributed by atoms with Crippen molar-refractivity contribution in [1.82, 2.24) is 0 Å². The molecular weight excluding hydrogens is 210 g/mol. The van der Waals surface area contributed by atoms with Gasteiger partial charge >= 0.3 is 5.63 Å². The summed E-state index contributed by atoms with van der Waals surface area (Å²) in [7, 11) is 0. The van der Waals surface area contributed by atoms with Gasteiger partial charge in [-0.25, -0.2) is 4.79 Å². The van der Waals surface area contributed by atoms with Crippen molar-refractivity contribution in [3.05, 3.63) is 40.2 Å². The van der Waals surface area contributed by atoms with E-state index in [2.05, 4.69) is 5.16 Å². The summed E-state index contributed by atoms with van der Waals surface area (Å²) in [4.78, 5) is 11.5. The van der Waals surface area contributed by atoms with Crippen molar-refractivity contribution >= 4 is 16.7 Å². The Morgan fingerprint density at radius 2 is 2.12 bits per heavy atom. The van der Waals surface area contributed by atoms with Crippen molar-refractivity contribution in [2.24, 2.45) is 5.16 Å². The van der Waals surface area contributed by atoms with Crippen LogP contribution in [-0.4, -0.2) is 16.0 Å². The van der Waals surface area contributed by atoms with E-state index >= 15 is 0 Å². The lowest BCUT2D eigenvalue weighted by molar-refractivity contribution is 0.319. The third-order valence-electron chi connectivity index (χ3n) is 2.26. The zero-order valence-electron chi connectivity index (χ0n) is 8.47. The average molecular weight is 219 g/mol. The predicted molar refractivity (Wildman–Crippen MR) is 58.1 cm³/mol. The van der Waals surface area contributed by atoms with Gasteiger partial charge in [0, 0.05) is 11.5 Å². The van der Waals surface area contributed by atoms with Gasteiger partial charge < -0.3 is 14.7 Å². The van der Waals surface area contributed by atoms with Gasteiger partial charge in [0.15, 0.2) is 0 Å². The summed E-state index contributed by atoms with van der Waals surface area (Å²) >= 11 is 0. The molecule has 0 fully saturated rings. The highest BCUT2D eigenvalue weighted by atomic mass is 16.4. The van der Waals surface area contributed by atoms with E-state index in [0.29, 0.717) is 11.0 Å². The summed E-state index contributed by atoms with van der Waals surface area (Å²) in [6.45, 7) is 1.50. The van der Waals surface area contributed by atoms with Crippen LogP contribution in [0, 0.1) is 0 Å². The summed E-state index contributed by atoms with van der Waals surface area (Å²) in [5.74, 6) is 0.0240. The fourth-order valence-corrected chi connectivity index (χ4v) is 1.41. The minimum absolute atomic E-state index is 0.0240. The second-order valence-corrected chi connectivity index (χ2v) is 3.36. The van der Waals surface area contributed by atoms with Gasteiger partial charge in [-0.15, -0.1) is 0 Å². The molecule has 0 aliphatic rings. The maximum absolute atomic E-state index is 11.5. The largest absolute Gasteiger partial charge is 0.508 e. The number of oxime groups is 1. The molecule has 1 aromatic heterocycles. The number of hydrogen-bond donors (Lipinski definition) is 2. The van der Waals surface area contributed by atoms with Crippen molar-refractivity contribution in [1.29, 1.82) is 0 Å². The van der Waals surface area contributed by atoms with Crippen LogP contribution in [0.2, 0.25) is 0 Å². The minimum Gasteiger partial charge on any atom is -0.508 e. The molecule has 5 heteroatoms. The highest BCUT2D eigenvalue weighted by Crippen LogP contribution is 2.19. The summed E-state index contributed by atoms with van der Waals surface area (Å²) < 4.78 is 4.99.